The second-order valence-corrected chi connectivity index (χ2v) is 9.69. The molecule has 3 aromatic rings. The summed E-state index contributed by atoms with van der Waals surface area (Å²) in [5.41, 5.74) is 2.20. The van der Waals surface area contributed by atoms with E-state index in [1.165, 1.54) is 11.3 Å². The Kier molecular flexibility index (Phi) is 8.34. The van der Waals surface area contributed by atoms with Gasteiger partial charge < -0.3 is 25.4 Å². The molecule has 35 heavy (non-hydrogen) atoms. The molecule has 1 saturated heterocycles. The highest BCUT2D eigenvalue weighted by atomic mass is 35.5. The number of pyridine rings is 1. The second-order valence-electron chi connectivity index (χ2n) is 8.08. The summed E-state index contributed by atoms with van der Waals surface area (Å²) in [6.45, 7) is 3.51. The molecule has 3 N–H and O–H groups in total. The summed E-state index contributed by atoms with van der Waals surface area (Å²) in [5.74, 6) is -0.712. The van der Waals surface area contributed by atoms with Crippen LogP contribution < -0.4 is 16.0 Å². The minimum Gasteiger partial charge on any atom is -0.379 e. The molecule has 1 fully saturated rings. The highest BCUT2D eigenvalue weighted by molar-refractivity contribution is 7.14. The number of rotatable bonds is 9. The number of halogens is 1. The lowest BCUT2D eigenvalue weighted by Crippen LogP contribution is -2.46. The largest absolute Gasteiger partial charge is 0.379 e. The number of aryl methyl sites for hydroxylation is 2. The van der Waals surface area contributed by atoms with Gasteiger partial charge in [0.2, 0.25) is 5.91 Å². The van der Waals surface area contributed by atoms with E-state index in [1.807, 2.05) is 19.1 Å². The number of thiophene rings is 1. The summed E-state index contributed by atoms with van der Waals surface area (Å²) in [6, 6.07) is 4.57. The number of nitrogens with one attached hydrogen (secondary N) is 3. The van der Waals surface area contributed by atoms with Crippen molar-refractivity contribution in [3.63, 3.8) is 0 Å². The van der Waals surface area contributed by atoms with Gasteiger partial charge in [0.1, 0.15) is 6.04 Å². The quantitative estimate of drug-likeness (QED) is 0.397. The average Bonchev–Trinajstić information content (AvgIpc) is 3.49. The molecule has 1 atom stereocenters. The van der Waals surface area contributed by atoms with Gasteiger partial charge in [-0.15, -0.1) is 11.3 Å². The Labute approximate surface area is 212 Å². The maximum atomic E-state index is 13.0. The molecule has 0 saturated carbocycles. The van der Waals surface area contributed by atoms with Crippen LogP contribution in [0.5, 0.6) is 0 Å². The Morgan fingerprint density at radius 3 is 2.83 bits per heavy atom. The molecule has 0 aliphatic carbocycles. The van der Waals surface area contributed by atoms with Crippen LogP contribution in [0.4, 0.5) is 11.4 Å². The maximum absolute atomic E-state index is 13.0. The van der Waals surface area contributed by atoms with Crippen molar-refractivity contribution < 1.29 is 19.1 Å². The third-order valence-electron chi connectivity index (χ3n) is 5.31. The molecular weight excluding hydrogens is 492 g/mol. The summed E-state index contributed by atoms with van der Waals surface area (Å²) < 4.78 is 12.8. The van der Waals surface area contributed by atoms with Crippen molar-refractivity contribution in [2.24, 2.45) is 7.05 Å². The van der Waals surface area contributed by atoms with Crippen LogP contribution in [0.2, 0.25) is 5.02 Å². The van der Waals surface area contributed by atoms with Gasteiger partial charge in [-0.05, 0) is 31.5 Å². The first-order chi connectivity index (χ1) is 16.9. The average molecular weight is 519 g/mol. The third-order valence-corrected chi connectivity index (χ3v) is 6.60. The van der Waals surface area contributed by atoms with Crippen molar-refractivity contribution >= 4 is 46.1 Å². The van der Waals surface area contributed by atoms with Crippen molar-refractivity contribution in [2.75, 3.05) is 23.8 Å². The molecule has 1 aliphatic heterocycles. The lowest BCUT2D eigenvalue weighted by molar-refractivity contribution is -0.184. The first-order valence-corrected chi connectivity index (χ1v) is 12.3. The molecule has 12 heteroatoms. The fourth-order valence-electron chi connectivity index (χ4n) is 3.51. The number of hydrogen-bond donors (Lipinski definition) is 3. The molecule has 186 valence electrons. The zero-order chi connectivity index (χ0) is 24.8. The van der Waals surface area contributed by atoms with Crippen LogP contribution in [0.1, 0.15) is 33.1 Å². The zero-order valence-electron chi connectivity index (χ0n) is 19.4. The van der Waals surface area contributed by atoms with E-state index in [0.29, 0.717) is 35.3 Å². The Morgan fingerprint density at radius 2 is 2.09 bits per heavy atom. The van der Waals surface area contributed by atoms with Gasteiger partial charge in [-0.3, -0.25) is 19.3 Å². The van der Waals surface area contributed by atoms with Crippen LogP contribution in [-0.2, 0) is 27.9 Å². The van der Waals surface area contributed by atoms with Crippen LogP contribution in [0.15, 0.2) is 36.8 Å². The van der Waals surface area contributed by atoms with Gasteiger partial charge in [0.25, 0.3) is 5.91 Å². The highest BCUT2D eigenvalue weighted by Crippen LogP contribution is 2.22. The molecule has 0 unspecified atom stereocenters. The molecule has 4 heterocycles. The summed E-state index contributed by atoms with van der Waals surface area (Å²) >= 11 is 7.37. The highest BCUT2D eigenvalue weighted by Gasteiger charge is 2.28. The van der Waals surface area contributed by atoms with Crippen LogP contribution in [-0.4, -0.2) is 52.1 Å². The van der Waals surface area contributed by atoms with Crippen molar-refractivity contribution in [1.82, 2.24) is 20.1 Å². The maximum Gasteiger partial charge on any atom is 0.262 e. The van der Waals surface area contributed by atoms with Crippen LogP contribution >= 0.6 is 22.9 Å². The van der Waals surface area contributed by atoms with Crippen molar-refractivity contribution in [2.45, 2.75) is 38.6 Å². The predicted molar refractivity (Wildman–Crippen MR) is 134 cm³/mol. The van der Waals surface area contributed by atoms with E-state index in [4.69, 9.17) is 21.1 Å². The Hall–Kier alpha value is -2.99. The number of aromatic nitrogens is 3. The Morgan fingerprint density at radius 1 is 1.29 bits per heavy atom. The third kappa shape index (κ3) is 7.01. The van der Waals surface area contributed by atoms with E-state index in [2.05, 4.69) is 26.0 Å². The molecule has 0 aromatic carbocycles. The van der Waals surface area contributed by atoms with E-state index >= 15 is 0 Å². The molecule has 0 bridgehead atoms. The fourth-order valence-corrected chi connectivity index (χ4v) is 4.51. The minimum absolute atomic E-state index is 0.193. The Balaban J connectivity index is 1.40. The summed E-state index contributed by atoms with van der Waals surface area (Å²) in [6.07, 6.45) is 5.25. The van der Waals surface area contributed by atoms with E-state index < -0.39 is 12.3 Å². The number of carbonyl (C=O) groups is 2. The lowest BCUT2D eigenvalue weighted by Gasteiger charge is -2.27. The van der Waals surface area contributed by atoms with E-state index in [0.717, 1.165) is 22.7 Å². The van der Waals surface area contributed by atoms with Gasteiger partial charge in [0.15, 0.2) is 6.29 Å². The summed E-state index contributed by atoms with van der Waals surface area (Å²) in [4.78, 5) is 31.7. The van der Waals surface area contributed by atoms with Crippen LogP contribution in [0, 0.1) is 6.92 Å². The number of nitrogens with zero attached hydrogens (tertiary/aromatic N) is 3. The molecule has 1 aliphatic rings. The molecule has 0 spiro atoms. The van der Waals surface area contributed by atoms with Crippen molar-refractivity contribution in [1.29, 1.82) is 0 Å². The first-order valence-electron chi connectivity index (χ1n) is 11.2. The second kappa shape index (κ2) is 11.6. The minimum atomic E-state index is -0.852. The smallest absolute Gasteiger partial charge is 0.262 e. The van der Waals surface area contributed by atoms with Gasteiger partial charge in [0.05, 0.1) is 46.4 Å². The monoisotopic (exact) mass is 518 g/mol. The van der Waals surface area contributed by atoms with Crippen molar-refractivity contribution in [3.05, 3.63) is 57.3 Å². The Bertz CT molecular complexity index is 1180. The summed E-state index contributed by atoms with van der Waals surface area (Å²) in [7, 11) is 1.76. The fraction of sp³-hybridized carbons (Fsp3) is 0.391. The zero-order valence-corrected chi connectivity index (χ0v) is 21.0. The first kappa shape index (κ1) is 25.1. The van der Waals surface area contributed by atoms with Gasteiger partial charge in [0, 0.05) is 37.3 Å². The number of anilines is 2. The normalized spacial score (nSPS) is 14.9. The van der Waals surface area contributed by atoms with E-state index in [9.17, 15) is 9.59 Å². The molecule has 0 radical (unpaired) electrons. The number of carbonyl (C=O) groups excluding carboxylic acids is 2. The predicted octanol–water partition coefficient (Wildman–Crippen LogP) is 3.34. The molecule has 10 nitrogen and oxygen atoms in total. The van der Waals surface area contributed by atoms with Gasteiger partial charge in [-0.25, -0.2) is 0 Å². The van der Waals surface area contributed by atoms with Gasteiger partial charge >= 0.3 is 0 Å². The lowest BCUT2D eigenvalue weighted by atomic mass is 10.1. The van der Waals surface area contributed by atoms with Gasteiger partial charge in [-0.1, -0.05) is 11.6 Å². The molecule has 4 rings (SSSR count). The number of ether oxygens (including phenoxy) is 2. The molecule has 3 aromatic heterocycles. The summed E-state index contributed by atoms with van der Waals surface area (Å²) in [5, 5.41) is 13.5. The molecule has 2 amide bonds. The van der Waals surface area contributed by atoms with Crippen LogP contribution in [0.3, 0.4) is 0 Å². The van der Waals surface area contributed by atoms with E-state index in [1.54, 1.807) is 36.4 Å². The van der Waals surface area contributed by atoms with E-state index in [-0.39, 0.29) is 18.2 Å². The van der Waals surface area contributed by atoms with Gasteiger partial charge in [-0.2, -0.15) is 5.10 Å². The number of hydrogen-bond acceptors (Lipinski definition) is 8. The standard InChI is InChI=1S/C23H27ClN6O4S/c1-14-18(8-15(24)10-25-14)26-12-17-4-5-20(35-17)23(32)29-19(9-21-33-6-3-7-34-21)22(31)28-16-11-27-30(2)13-16/h4-5,8,10-11,13,19,21,26H,3,6-7,9,12H2,1-2H3,(H,28,31)(H,29,32)/t19-/m0/s1. The van der Waals surface area contributed by atoms with Crippen molar-refractivity contribution in [3.8, 4) is 0 Å². The van der Waals surface area contributed by atoms with Crippen LogP contribution in [0.25, 0.3) is 0 Å². The molecular formula is C23H27ClN6O4S. The number of amides is 2. The topological polar surface area (TPSA) is 119 Å². The SMILES string of the molecule is Cc1ncc(Cl)cc1NCc1ccc(C(=O)N[C@@H](CC2OCCCO2)C(=O)Nc2cnn(C)c2)s1.